The monoisotopic (exact) mass is 420 g/mol. The van der Waals surface area contributed by atoms with Crippen LogP contribution < -0.4 is 6.13 Å². The van der Waals surface area contributed by atoms with Crippen molar-refractivity contribution in [3.8, 4) is 11.5 Å². The Morgan fingerprint density at radius 1 is 1.00 bits per heavy atom. The summed E-state index contributed by atoms with van der Waals surface area (Å²) in [6, 6.07) is 5.87. The fourth-order valence-electron chi connectivity index (χ4n) is 0.924. The molecule has 0 spiro atoms. The summed E-state index contributed by atoms with van der Waals surface area (Å²) in [5.41, 5.74) is 1.22. The molecule has 1 aromatic rings. The van der Waals surface area contributed by atoms with Gasteiger partial charge in [-0.05, 0) is 24.1 Å². The van der Waals surface area contributed by atoms with Crippen LogP contribution in [0.3, 0.4) is 0 Å². The van der Waals surface area contributed by atoms with Gasteiger partial charge in [0.1, 0.15) is 11.5 Å². The summed E-state index contributed by atoms with van der Waals surface area (Å²) in [4.78, 5) is 0. The summed E-state index contributed by atoms with van der Waals surface area (Å²) in [6.07, 6.45) is 0.987. The summed E-state index contributed by atoms with van der Waals surface area (Å²) in [6.45, 7) is 6.10. The van der Waals surface area contributed by atoms with E-state index in [9.17, 15) is 0 Å². The number of halogens is 2. The molecule has 2 nitrogen and oxygen atoms in total. The topological polar surface area (TPSA) is 18.5 Å². The van der Waals surface area contributed by atoms with Gasteiger partial charge in [0.15, 0.2) is 46.0 Å². The van der Waals surface area contributed by atoms with Crippen molar-refractivity contribution < 1.29 is 6.13 Å². The van der Waals surface area contributed by atoms with E-state index < -0.39 is 0 Å². The first-order valence-corrected chi connectivity index (χ1v) is 6.27. The molecular weight excluding hydrogens is 406 g/mol. The van der Waals surface area contributed by atoms with Crippen molar-refractivity contribution in [3.63, 3.8) is 0 Å². The first kappa shape index (κ1) is 14.3. The van der Waals surface area contributed by atoms with E-state index in [2.05, 4.69) is 6.92 Å². The van der Waals surface area contributed by atoms with E-state index >= 15 is 0 Å². The molecule has 0 atom stereocenters. The lowest BCUT2D eigenvalue weighted by molar-refractivity contribution is 0.681. The van der Waals surface area contributed by atoms with Crippen LogP contribution in [0.2, 0.25) is 0 Å². The van der Waals surface area contributed by atoms with Crippen molar-refractivity contribution in [1.29, 1.82) is 0 Å². The Morgan fingerprint density at radius 3 is 1.71 bits per heavy atom. The molecule has 0 aliphatic heterocycles. The zero-order valence-corrected chi connectivity index (χ0v) is 12.8. The molecule has 1 aromatic carbocycles. The standard InChI is InChI=1S/C8H8I2O2.C2H6/c1-2-6-3-7(11-9)5-8(4-6)12-10;1-2/h3-5H,2H2,1H3;1-2H3. The lowest BCUT2D eigenvalue weighted by Gasteiger charge is -2.03. The molecule has 0 radical (unpaired) electrons. The van der Waals surface area contributed by atoms with Gasteiger partial charge in [-0.1, -0.05) is 20.8 Å². The minimum atomic E-state index is 0.835. The molecule has 0 aliphatic carbocycles. The number of hydrogen-bond acceptors (Lipinski definition) is 2. The van der Waals surface area contributed by atoms with Crippen molar-refractivity contribution in [2.24, 2.45) is 0 Å². The number of rotatable bonds is 3. The summed E-state index contributed by atoms with van der Waals surface area (Å²) < 4.78 is 10.2. The highest BCUT2D eigenvalue weighted by Gasteiger charge is 2.00. The van der Waals surface area contributed by atoms with E-state index in [1.54, 1.807) is 0 Å². The molecule has 14 heavy (non-hydrogen) atoms. The van der Waals surface area contributed by atoms with Gasteiger partial charge in [-0.25, -0.2) is 0 Å². The minimum Gasteiger partial charge on any atom is -0.428 e. The smallest absolute Gasteiger partial charge is 0.192 e. The van der Waals surface area contributed by atoms with Gasteiger partial charge >= 0.3 is 0 Å². The van der Waals surface area contributed by atoms with Crippen LogP contribution >= 0.6 is 46.0 Å². The Labute approximate surface area is 114 Å². The maximum atomic E-state index is 5.09. The average molecular weight is 420 g/mol. The van der Waals surface area contributed by atoms with E-state index in [4.69, 9.17) is 6.13 Å². The van der Waals surface area contributed by atoms with E-state index in [0.29, 0.717) is 0 Å². The zero-order chi connectivity index (χ0) is 11.0. The minimum absolute atomic E-state index is 0.835. The first-order valence-electron chi connectivity index (χ1n) is 4.51. The predicted molar refractivity (Wildman–Crippen MR) is 76.5 cm³/mol. The molecule has 0 saturated carbocycles. The molecule has 0 unspecified atom stereocenters. The first-order chi connectivity index (χ1) is 6.80. The molecule has 4 heteroatoms. The molecule has 0 saturated heterocycles. The van der Waals surface area contributed by atoms with Gasteiger partial charge in [-0.3, -0.25) is 0 Å². The van der Waals surface area contributed by atoms with Gasteiger partial charge in [-0.2, -0.15) is 0 Å². The Kier molecular flexibility index (Phi) is 8.75. The van der Waals surface area contributed by atoms with Crippen LogP contribution in [0.5, 0.6) is 11.5 Å². The third-order valence-electron chi connectivity index (χ3n) is 1.53. The molecule has 0 fully saturated rings. The van der Waals surface area contributed by atoms with E-state index in [0.717, 1.165) is 17.9 Å². The molecule has 0 aromatic heterocycles. The highest BCUT2D eigenvalue weighted by atomic mass is 127. The van der Waals surface area contributed by atoms with E-state index in [-0.39, 0.29) is 0 Å². The highest BCUT2D eigenvalue weighted by molar-refractivity contribution is 14.1. The van der Waals surface area contributed by atoms with Crippen molar-refractivity contribution in [2.45, 2.75) is 27.2 Å². The van der Waals surface area contributed by atoms with Gasteiger partial charge < -0.3 is 6.13 Å². The summed E-state index contributed by atoms with van der Waals surface area (Å²) in [5, 5.41) is 0. The molecule has 0 bridgehead atoms. The Hall–Kier alpha value is 0.280. The summed E-state index contributed by atoms with van der Waals surface area (Å²) >= 11 is 3.72. The fraction of sp³-hybridized carbons (Fsp3) is 0.400. The zero-order valence-electron chi connectivity index (χ0n) is 8.51. The van der Waals surface area contributed by atoms with Crippen molar-refractivity contribution in [2.75, 3.05) is 0 Å². The molecule has 0 amide bonds. The number of hydrogen-bond donors (Lipinski definition) is 0. The largest absolute Gasteiger partial charge is 0.428 e. The molecule has 0 aliphatic rings. The van der Waals surface area contributed by atoms with Crippen LogP contribution in [0, 0.1) is 0 Å². The third kappa shape index (κ3) is 4.68. The molecule has 1 rings (SSSR count). The van der Waals surface area contributed by atoms with Gasteiger partial charge in [0, 0.05) is 6.07 Å². The van der Waals surface area contributed by atoms with Crippen molar-refractivity contribution in [3.05, 3.63) is 23.8 Å². The lowest BCUT2D eigenvalue weighted by Crippen LogP contribution is -1.84. The van der Waals surface area contributed by atoms with Gasteiger partial charge in [-0.15, -0.1) is 0 Å². The van der Waals surface area contributed by atoms with Crippen LogP contribution in [-0.2, 0) is 6.42 Å². The van der Waals surface area contributed by atoms with E-state index in [1.165, 1.54) is 5.56 Å². The molecule has 0 heterocycles. The van der Waals surface area contributed by atoms with Crippen molar-refractivity contribution >= 4 is 46.0 Å². The number of aryl methyl sites for hydroxylation is 1. The number of benzene rings is 1. The van der Waals surface area contributed by atoms with Crippen LogP contribution in [0.25, 0.3) is 0 Å². The van der Waals surface area contributed by atoms with Crippen molar-refractivity contribution in [1.82, 2.24) is 0 Å². The Balaban J connectivity index is 0.000000791. The fourth-order valence-corrected chi connectivity index (χ4v) is 1.43. The van der Waals surface area contributed by atoms with E-state index in [1.807, 2.05) is 78.1 Å². The molecule has 0 N–H and O–H groups in total. The maximum Gasteiger partial charge on any atom is 0.192 e. The normalized spacial score (nSPS) is 8.64. The van der Waals surface area contributed by atoms with Gasteiger partial charge in [0.2, 0.25) is 0 Å². The summed E-state index contributed by atoms with van der Waals surface area (Å²) in [7, 11) is 0. The third-order valence-corrected chi connectivity index (χ3v) is 2.54. The van der Waals surface area contributed by atoms with Crippen LogP contribution in [0.15, 0.2) is 18.2 Å². The predicted octanol–water partition coefficient (Wildman–Crippen LogP) is 4.73. The second kappa shape index (κ2) is 8.58. The highest BCUT2D eigenvalue weighted by Crippen LogP contribution is 2.25. The molecular formula is C10H14I2O2. The SMILES string of the molecule is CC.CCc1cc(OI)cc(OI)c1. The van der Waals surface area contributed by atoms with Gasteiger partial charge in [0.05, 0.1) is 0 Å². The maximum absolute atomic E-state index is 5.09. The summed E-state index contributed by atoms with van der Waals surface area (Å²) in [5.74, 6) is 1.67. The molecule has 80 valence electrons. The second-order valence-corrected chi connectivity index (χ2v) is 3.20. The average Bonchev–Trinajstić information content (AvgIpc) is 2.30. The van der Waals surface area contributed by atoms with Crippen LogP contribution in [-0.4, -0.2) is 0 Å². The van der Waals surface area contributed by atoms with Crippen LogP contribution in [0.4, 0.5) is 0 Å². The lowest BCUT2D eigenvalue weighted by atomic mass is 10.1. The quantitative estimate of drug-likeness (QED) is 0.659. The van der Waals surface area contributed by atoms with Crippen LogP contribution in [0.1, 0.15) is 26.3 Å². The Bertz CT molecular complexity index is 209. The van der Waals surface area contributed by atoms with Gasteiger partial charge in [0.25, 0.3) is 0 Å². The Morgan fingerprint density at radius 2 is 1.43 bits per heavy atom. The second-order valence-electron chi connectivity index (χ2n) is 2.32.